The van der Waals surface area contributed by atoms with Crippen molar-refractivity contribution in [1.82, 2.24) is 9.97 Å². The SMILES string of the molecule is CC1(C)c2ccc(-c3ccc(-c4nc(-c5ccccc5)cc(-c5cccc(-c6ccc7ccccc7c6)c5)n4)c4ccccc34)cc2-c2c1ccc1ccccc21. The van der Waals surface area contributed by atoms with Crippen LogP contribution >= 0.6 is 0 Å². The molecule has 1 heterocycles. The third-order valence-corrected chi connectivity index (χ3v) is 12.1. The Kier molecular flexibility index (Phi) is 7.55. The molecule has 0 amide bonds. The van der Waals surface area contributed by atoms with E-state index in [9.17, 15) is 0 Å². The predicted octanol–water partition coefficient (Wildman–Crippen LogP) is 14.6. The van der Waals surface area contributed by atoms with Crippen LogP contribution in [0.1, 0.15) is 25.0 Å². The summed E-state index contributed by atoms with van der Waals surface area (Å²) in [5.74, 6) is 0.710. The standard InChI is InChI=1S/C55H38N2/c1-55(2)49-29-26-41(33-48(49)53-44-20-9-8-14-36(44)25-30-50(53)55)43-27-28-47(46-22-11-10-21-45(43)46)54-56-51(37-15-4-3-5-16-37)34-52(57-54)42-19-12-18-39(32-42)40-24-23-35-13-6-7-17-38(35)31-40/h3-34H,1-2H3. The number of benzene rings is 9. The monoisotopic (exact) mass is 726 g/mol. The second kappa shape index (κ2) is 13.0. The summed E-state index contributed by atoms with van der Waals surface area (Å²) < 4.78 is 0. The summed E-state index contributed by atoms with van der Waals surface area (Å²) in [6, 6.07) is 70.2. The van der Waals surface area contributed by atoms with Crippen LogP contribution in [0.4, 0.5) is 0 Å². The zero-order valence-electron chi connectivity index (χ0n) is 31.9. The molecule has 1 aliphatic rings. The van der Waals surface area contributed by atoms with E-state index in [-0.39, 0.29) is 5.41 Å². The van der Waals surface area contributed by atoms with E-state index in [1.165, 1.54) is 65.9 Å². The van der Waals surface area contributed by atoms with E-state index in [1.54, 1.807) is 0 Å². The number of hydrogen-bond acceptors (Lipinski definition) is 2. The zero-order chi connectivity index (χ0) is 38.1. The van der Waals surface area contributed by atoms with Crippen molar-refractivity contribution in [3.05, 3.63) is 205 Å². The minimum Gasteiger partial charge on any atom is -0.228 e. The summed E-state index contributed by atoms with van der Waals surface area (Å²) in [5, 5.41) is 7.36. The molecule has 11 rings (SSSR count). The van der Waals surface area contributed by atoms with Gasteiger partial charge in [0.25, 0.3) is 0 Å². The Morgan fingerprint density at radius 3 is 1.74 bits per heavy atom. The first-order valence-corrected chi connectivity index (χ1v) is 19.7. The van der Waals surface area contributed by atoms with Crippen LogP contribution in [0.15, 0.2) is 194 Å². The molecule has 10 aromatic rings. The van der Waals surface area contributed by atoms with Crippen LogP contribution in [-0.2, 0) is 5.41 Å². The lowest BCUT2D eigenvalue weighted by molar-refractivity contribution is 0.661. The Morgan fingerprint density at radius 2 is 0.912 bits per heavy atom. The molecule has 0 radical (unpaired) electrons. The fourth-order valence-electron chi connectivity index (χ4n) is 9.14. The Balaban J connectivity index is 1.06. The largest absolute Gasteiger partial charge is 0.228 e. The van der Waals surface area contributed by atoms with Crippen LogP contribution in [0.2, 0.25) is 0 Å². The Morgan fingerprint density at radius 1 is 0.333 bits per heavy atom. The maximum atomic E-state index is 5.34. The molecule has 0 aliphatic heterocycles. The highest BCUT2D eigenvalue weighted by Crippen LogP contribution is 2.52. The smallest absolute Gasteiger partial charge is 0.161 e. The molecule has 9 aromatic carbocycles. The molecule has 0 saturated carbocycles. The molecular formula is C55H38N2. The van der Waals surface area contributed by atoms with Gasteiger partial charge < -0.3 is 0 Å². The van der Waals surface area contributed by atoms with E-state index in [0.717, 1.165) is 39.0 Å². The second-order valence-electron chi connectivity index (χ2n) is 15.8. The molecule has 0 unspecified atom stereocenters. The number of fused-ring (bicyclic) bond motifs is 7. The summed E-state index contributed by atoms with van der Waals surface area (Å²) in [4.78, 5) is 10.6. The van der Waals surface area contributed by atoms with E-state index in [2.05, 4.69) is 202 Å². The van der Waals surface area contributed by atoms with E-state index >= 15 is 0 Å². The van der Waals surface area contributed by atoms with Gasteiger partial charge in [-0.05, 0) is 107 Å². The highest BCUT2D eigenvalue weighted by Gasteiger charge is 2.36. The van der Waals surface area contributed by atoms with Crippen molar-refractivity contribution in [2.24, 2.45) is 0 Å². The lowest BCUT2D eigenvalue weighted by Gasteiger charge is -2.21. The summed E-state index contributed by atoms with van der Waals surface area (Å²) >= 11 is 0. The molecule has 1 aliphatic carbocycles. The highest BCUT2D eigenvalue weighted by atomic mass is 14.9. The maximum absolute atomic E-state index is 5.34. The average Bonchev–Trinajstić information content (AvgIpc) is 3.51. The van der Waals surface area contributed by atoms with Gasteiger partial charge in [0.05, 0.1) is 11.4 Å². The first kappa shape index (κ1) is 33.2. The van der Waals surface area contributed by atoms with Crippen molar-refractivity contribution in [1.29, 1.82) is 0 Å². The quantitative estimate of drug-likeness (QED) is 0.176. The van der Waals surface area contributed by atoms with Crippen LogP contribution in [0.5, 0.6) is 0 Å². The Hall–Kier alpha value is -7.16. The van der Waals surface area contributed by atoms with Crippen molar-refractivity contribution in [3.8, 4) is 67.3 Å². The number of hydrogen-bond donors (Lipinski definition) is 0. The van der Waals surface area contributed by atoms with Crippen LogP contribution in [0, 0.1) is 0 Å². The van der Waals surface area contributed by atoms with Gasteiger partial charge >= 0.3 is 0 Å². The van der Waals surface area contributed by atoms with Gasteiger partial charge in [-0.15, -0.1) is 0 Å². The van der Waals surface area contributed by atoms with Crippen molar-refractivity contribution >= 4 is 32.3 Å². The number of aromatic nitrogens is 2. The second-order valence-corrected chi connectivity index (χ2v) is 15.8. The number of rotatable bonds is 5. The van der Waals surface area contributed by atoms with Crippen LogP contribution < -0.4 is 0 Å². The average molecular weight is 727 g/mol. The van der Waals surface area contributed by atoms with Gasteiger partial charge in [-0.1, -0.05) is 178 Å². The molecule has 57 heavy (non-hydrogen) atoms. The first-order chi connectivity index (χ1) is 28.0. The molecule has 268 valence electrons. The van der Waals surface area contributed by atoms with Crippen LogP contribution in [-0.4, -0.2) is 9.97 Å². The molecule has 2 nitrogen and oxygen atoms in total. The molecule has 0 spiro atoms. The summed E-state index contributed by atoms with van der Waals surface area (Å²) in [6.07, 6.45) is 0. The zero-order valence-corrected chi connectivity index (χ0v) is 31.9. The van der Waals surface area contributed by atoms with Gasteiger partial charge in [-0.3, -0.25) is 0 Å². The Bertz CT molecular complexity index is 3210. The predicted molar refractivity (Wildman–Crippen MR) is 239 cm³/mol. The van der Waals surface area contributed by atoms with Crippen molar-refractivity contribution in [2.45, 2.75) is 19.3 Å². The lowest BCUT2D eigenvalue weighted by atomic mass is 9.81. The van der Waals surface area contributed by atoms with Crippen LogP contribution in [0.3, 0.4) is 0 Å². The highest BCUT2D eigenvalue weighted by molar-refractivity contribution is 6.07. The van der Waals surface area contributed by atoms with E-state index in [1.807, 2.05) is 6.07 Å². The summed E-state index contributed by atoms with van der Waals surface area (Å²) in [7, 11) is 0. The molecule has 0 atom stereocenters. The van der Waals surface area contributed by atoms with Gasteiger partial charge in [-0.2, -0.15) is 0 Å². The van der Waals surface area contributed by atoms with Crippen LogP contribution in [0.25, 0.3) is 99.6 Å². The molecule has 0 bridgehead atoms. The molecule has 0 saturated heterocycles. The normalized spacial score (nSPS) is 12.9. The fraction of sp³-hybridized carbons (Fsp3) is 0.0545. The van der Waals surface area contributed by atoms with E-state index < -0.39 is 0 Å². The molecule has 1 aromatic heterocycles. The maximum Gasteiger partial charge on any atom is 0.161 e. The van der Waals surface area contributed by atoms with Crippen molar-refractivity contribution in [3.63, 3.8) is 0 Å². The number of nitrogens with zero attached hydrogens (tertiary/aromatic N) is 2. The van der Waals surface area contributed by atoms with E-state index in [4.69, 9.17) is 9.97 Å². The van der Waals surface area contributed by atoms with Gasteiger partial charge in [0.15, 0.2) is 5.82 Å². The summed E-state index contributed by atoms with van der Waals surface area (Å²) in [5.41, 5.74) is 15.0. The van der Waals surface area contributed by atoms with Crippen molar-refractivity contribution < 1.29 is 0 Å². The van der Waals surface area contributed by atoms with Gasteiger partial charge in [0.2, 0.25) is 0 Å². The van der Waals surface area contributed by atoms with Gasteiger partial charge in [0, 0.05) is 22.1 Å². The fourth-order valence-corrected chi connectivity index (χ4v) is 9.14. The lowest BCUT2D eigenvalue weighted by Crippen LogP contribution is -2.14. The third kappa shape index (κ3) is 5.48. The summed E-state index contributed by atoms with van der Waals surface area (Å²) in [6.45, 7) is 4.71. The van der Waals surface area contributed by atoms with E-state index in [0.29, 0.717) is 5.82 Å². The van der Waals surface area contributed by atoms with Gasteiger partial charge in [-0.25, -0.2) is 9.97 Å². The molecular weight excluding hydrogens is 689 g/mol. The third-order valence-electron chi connectivity index (χ3n) is 12.1. The molecule has 0 fully saturated rings. The van der Waals surface area contributed by atoms with Gasteiger partial charge in [0.1, 0.15) is 0 Å². The minimum atomic E-state index is -0.0764. The topological polar surface area (TPSA) is 25.8 Å². The Labute approximate surface area is 332 Å². The molecule has 2 heteroatoms. The molecule has 0 N–H and O–H groups in total. The van der Waals surface area contributed by atoms with Crippen molar-refractivity contribution in [2.75, 3.05) is 0 Å². The first-order valence-electron chi connectivity index (χ1n) is 19.7. The minimum absolute atomic E-state index is 0.0764.